The van der Waals surface area contributed by atoms with Gasteiger partial charge >= 0.3 is 0 Å². The average Bonchev–Trinajstić information content (AvgIpc) is 3.03. The molecule has 0 saturated carbocycles. The predicted octanol–water partition coefficient (Wildman–Crippen LogP) is 1.58. The normalized spacial score (nSPS) is 15.6. The van der Waals surface area contributed by atoms with Crippen molar-refractivity contribution in [2.75, 3.05) is 36.5 Å². The van der Waals surface area contributed by atoms with E-state index in [0.29, 0.717) is 10.9 Å². The van der Waals surface area contributed by atoms with Crippen molar-refractivity contribution in [1.29, 1.82) is 0 Å². The number of aromatic nitrogens is 2. The Bertz CT molecular complexity index is 758. The topological polar surface area (TPSA) is 81.7 Å². The standard InChI is InChI=1S/C17H22N6O2S/c1-13(24)20-17-19-11-15(26-17)12-21-7-9-22(10-8-21)23(14(2)25)16-5-3-4-6-18-16/h3-6,11H,7-10,12H2,1-2H3,(H,19,20,24). The van der Waals surface area contributed by atoms with Gasteiger partial charge in [0.15, 0.2) is 5.13 Å². The second kappa shape index (κ2) is 8.35. The van der Waals surface area contributed by atoms with Crippen molar-refractivity contribution in [3.05, 3.63) is 35.5 Å². The van der Waals surface area contributed by atoms with Gasteiger partial charge in [0, 0.05) is 63.8 Å². The number of thiazole rings is 1. The number of hydrogen-bond donors (Lipinski definition) is 1. The quantitative estimate of drug-likeness (QED) is 0.856. The van der Waals surface area contributed by atoms with Crippen LogP contribution in [0.3, 0.4) is 0 Å². The average molecular weight is 374 g/mol. The number of nitrogens with zero attached hydrogens (tertiary/aromatic N) is 5. The first kappa shape index (κ1) is 18.4. The molecule has 0 radical (unpaired) electrons. The Labute approximate surface area is 156 Å². The zero-order chi connectivity index (χ0) is 18.5. The van der Waals surface area contributed by atoms with Gasteiger partial charge < -0.3 is 5.32 Å². The fourth-order valence-corrected chi connectivity index (χ4v) is 3.79. The molecule has 2 aromatic heterocycles. The second-order valence-electron chi connectivity index (χ2n) is 6.06. The molecule has 0 spiro atoms. The second-order valence-corrected chi connectivity index (χ2v) is 7.18. The van der Waals surface area contributed by atoms with Crippen molar-refractivity contribution in [1.82, 2.24) is 19.9 Å². The first-order chi connectivity index (χ1) is 12.5. The molecule has 1 aliphatic rings. The van der Waals surface area contributed by atoms with Crippen molar-refractivity contribution >= 4 is 34.1 Å². The summed E-state index contributed by atoms with van der Waals surface area (Å²) in [6, 6.07) is 5.56. The van der Waals surface area contributed by atoms with Crippen molar-refractivity contribution < 1.29 is 9.59 Å². The monoisotopic (exact) mass is 374 g/mol. The van der Waals surface area contributed by atoms with E-state index in [1.54, 1.807) is 24.3 Å². The van der Waals surface area contributed by atoms with Crippen LogP contribution in [-0.2, 0) is 16.1 Å². The highest BCUT2D eigenvalue weighted by Crippen LogP contribution is 2.21. The summed E-state index contributed by atoms with van der Waals surface area (Å²) < 4.78 is 0. The number of piperazine rings is 1. The lowest BCUT2D eigenvalue weighted by Gasteiger charge is -2.39. The Kier molecular flexibility index (Phi) is 5.92. The Morgan fingerprint density at radius 2 is 1.96 bits per heavy atom. The number of amides is 2. The minimum atomic E-state index is -0.113. The van der Waals surface area contributed by atoms with Gasteiger partial charge in [0.2, 0.25) is 11.8 Å². The molecule has 3 heterocycles. The van der Waals surface area contributed by atoms with E-state index in [1.807, 2.05) is 23.2 Å². The van der Waals surface area contributed by atoms with Gasteiger partial charge in [-0.2, -0.15) is 0 Å². The lowest BCUT2D eigenvalue weighted by Crippen LogP contribution is -2.55. The lowest BCUT2D eigenvalue weighted by molar-refractivity contribution is -0.120. The maximum absolute atomic E-state index is 12.1. The van der Waals surface area contributed by atoms with Crippen molar-refractivity contribution in [3.63, 3.8) is 0 Å². The Hall–Kier alpha value is -2.36. The third-order valence-corrected chi connectivity index (χ3v) is 4.91. The summed E-state index contributed by atoms with van der Waals surface area (Å²) in [7, 11) is 0. The number of carbonyl (C=O) groups is 2. The van der Waals surface area contributed by atoms with Gasteiger partial charge in [0.1, 0.15) is 5.82 Å². The van der Waals surface area contributed by atoms with Crippen LogP contribution in [0.1, 0.15) is 18.7 Å². The fourth-order valence-electron chi connectivity index (χ4n) is 2.89. The van der Waals surface area contributed by atoms with Crippen molar-refractivity contribution in [2.45, 2.75) is 20.4 Å². The molecule has 1 saturated heterocycles. The number of anilines is 2. The predicted molar refractivity (Wildman–Crippen MR) is 101 cm³/mol. The highest BCUT2D eigenvalue weighted by molar-refractivity contribution is 7.15. The number of pyridine rings is 1. The summed E-state index contributed by atoms with van der Waals surface area (Å²) in [5.74, 6) is 0.494. The molecular formula is C17H22N6O2S. The van der Waals surface area contributed by atoms with Crippen LogP contribution in [0, 0.1) is 0 Å². The molecule has 0 aliphatic carbocycles. The molecule has 8 nitrogen and oxygen atoms in total. The smallest absolute Gasteiger partial charge is 0.239 e. The molecule has 138 valence electrons. The van der Waals surface area contributed by atoms with Crippen molar-refractivity contribution in [3.8, 4) is 0 Å². The molecule has 0 aromatic carbocycles. The maximum atomic E-state index is 12.1. The summed E-state index contributed by atoms with van der Waals surface area (Å²) in [5, 5.41) is 7.02. The zero-order valence-corrected chi connectivity index (χ0v) is 15.7. The van der Waals surface area contributed by atoms with Gasteiger partial charge in [-0.15, -0.1) is 11.3 Å². The van der Waals surface area contributed by atoms with Gasteiger partial charge in [-0.05, 0) is 12.1 Å². The largest absolute Gasteiger partial charge is 0.302 e. The van der Waals surface area contributed by atoms with Crippen LogP contribution < -0.4 is 10.3 Å². The molecule has 1 aliphatic heterocycles. The summed E-state index contributed by atoms with van der Waals surface area (Å²) in [6.07, 6.45) is 3.50. The van der Waals surface area contributed by atoms with Crippen LogP contribution in [0.4, 0.5) is 10.9 Å². The van der Waals surface area contributed by atoms with Gasteiger partial charge in [0.25, 0.3) is 0 Å². The van der Waals surface area contributed by atoms with Gasteiger partial charge in [-0.3, -0.25) is 14.5 Å². The molecule has 2 amide bonds. The number of nitrogens with one attached hydrogen (secondary N) is 1. The first-order valence-corrected chi connectivity index (χ1v) is 9.26. The molecule has 2 aromatic rings. The van der Waals surface area contributed by atoms with Crippen LogP contribution in [0.15, 0.2) is 30.6 Å². The molecule has 1 N–H and O–H groups in total. The van der Waals surface area contributed by atoms with Crippen LogP contribution in [0.25, 0.3) is 0 Å². The minimum Gasteiger partial charge on any atom is -0.302 e. The Morgan fingerprint density at radius 1 is 1.19 bits per heavy atom. The van der Waals surface area contributed by atoms with Crippen molar-refractivity contribution in [2.24, 2.45) is 0 Å². The maximum Gasteiger partial charge on any atom is 0.239 e. The number of rotatable bonds is 5. The molecule has 1 fully saturated rings. The van der Waals surface area contributed by atoms with E-state index in [9.17, 15) is 9.59 Å². The highest BCUT2D eigenvalue weighted by Gasteiger charge is 2.26. The lowest BCUT2D eigenvalue weighted by atomic mass is 10.3. The molecule has 9 heteroatoms. The summed E-state index contributed by atoms with van der Waals surface area (Å²) in [5.41, 5.74) is 0. The molecular weight excluding hydrogens is 352 g/mol. The van der Waals surface area contributed by atoms with E-state index in [-0.39, 0.29) is 11.8 Å². The highest BCUT2D eigenvalue weighted by atomic mass is 32.1. The molecule has 3 rings (SSSR count). The Morgan fingerprint density at radius 3 is 2.58 bits per heavy atom. The third kappa shape index (κ3) is 4.63. The van der Waals surface area contributed by atoms with E-state index in [0.717, 1.165) is 37.6 Å². The number of carbonyl (C=O) groups excluding carboxylic acids is 2. The summed E-state index contributed by atoms with van der Waals surface area (Å²) in [6.45, 7) is 6.98. The van der Waals surface area contributed by atoms with E-state index in [2.05, 4.69) is 20.2 Å². The third-order valence-electron chi connectivity index (χ3n) is 4.01. The Balaban J connectivity index is 1.57. The van der Waals surface area contributed by atoms with Gasteiger partial charge in [-0.25, -0.2) is 20.0 Å². The molecule has 0 unspecified atom stereocenters. The van der Waals surface area contributed by atoms with E-state index in [1.165, 1.54) is 18.3 Å². The fraction of sp³-hybridized carbons (Fsp3) is 0.412. The minimum absolute atomic E-state index is 0.0421. The van der Waals surface area contributed by atoms with Crippen LogP contribution in [-0.4, -0.2) is 57.9 Å². The van der Waals surface area contributed by atoms with E-state index < -0.39 is 0 Å². The van der Waals surface area contributed by atoms with E-state index in [4.69, 9.17) is 0 Å². The number of hydrazine groups is 1. The van der Waals surface area contributed by atoms with E-state index >= 15 is 0 Å². The number of hydrogen-bond acceptors (Lipinski definition) is 7. The summed E-state index contributed by atoms with van der Waals surface area (Å²) >= 11 is 1.49. The van der Waals surface area contributed by atoms with Crippen LogP contribution in [0.5, 0.6) is 0 Å². The molecule has 0 atom stereocenters. The SMILES string of the molecule is CC(=O)Nc1ncc(CN2CCN(N(C(C)=O)c3ccccn3)CC2)s1. The van der Waals surface area contributed by atoms with Crippen LogP contribution in [0.2, 0.25) is 0 Å². The van der Waals surface area contributed by atoms with Gasteiger partial charge in [-0.1, -0.05) is 6.07 Å². The molecule has 26 heavy (non-hydrogen) atoms. The summed E-state index contributed by atoms with van der Waals surface area (Å²) in [4.78, 5) is 35.1. The van der Waals surface area contributed by atoms with Crippen LogP contribution >= 0.6 is 11.3 Å². The molecule has 0 bridgehead atoms. The first-order valence-electron chi connectivity index (χ1n) is 8.44. The zero-order valence-electron chi connectivity index (χ0n) is 14.9. The van der Waals surface area contributed by atoms with Gasteiger partial charge in [0.05, 0.1) is 0 Å².